The molecule has 1 aromatic carbocycles. The summed E-state index contributed by atoms with van der Waals surface area (Å²) < 4.78 is 1.12. The highest BCUT2D eigenvalue weighted by Crippen LogP contribution is 2.43. The van der Waals surface area contributed by atoms with Crippen molar-refractivity contribution >= 4 is 21.9 Å². The molecule has 2 rings (SSSR count). The number of hydrogen-bond donors (Lipinski definition) is 1. The number of carbonyl (C=O) groups is 1. The quantitative estimate of drug-likeness (QED) is 0.900. The first kappa shape index (κ1) is 12.6. The molecule has 0 saturated heterocycles. The third kappa shape index (κ3) is 2.25. The number of rotatable bonds is 2. The van der Waals surface area contributed by atoms with E-state index >= 15 is 0 Å². The van der Waals surface area contributed by atoms with Crippen molar-refractivity contribution in [3.63, 3.8) is 0 Å². The van der Waals surface area contributed by atoms with Crippen molar-refractivity contribution in [2.75, 3.05) is 0 Å². The summed E-state index contributed by atoms with van der Waals surface area (Å²) in [7, 11) is 0. The molecule has 2 nitrogen and oxygen atoms in total. The van der Waals surface area contributed by atoms with Crippen LogP contribution in [0.15, 0.2) is 22.7 Å². The smallest absolute Gasteiger partial charge is 0.307 e. The lowest BCUT2D eigenvalue weighted by Crippen LogP contribution is -2.30. The van der Waals surface area contributed by atoms with Crippen LogP contribution >= 0.6 is 15.9 Å². The molecule has 3 heteroatoms. The first-order valence-corrected chi connectivity index (χ1v) is 6.81. The first-order valence-electron chi connectivity index (χ1n) is 6.02. The number of halogens is 1. The molecule has 1 aliphatic carbocycles. The maximum absolute atomic E-state index is 11.4. The minimum atomic E-state index is -0.658. The highest BCUT2D eigenvalue weighted by Gasteiger charge is 2.36. The van der Waals surface area contributed by atoms with E-state index in [-0.39, 0.29) is 11.8 Å². The van der Waals surface area contributed by atoms with Gasteiger partial charge in [0, 0.05) is 4.47 Å². The van der Waals surface area contributed by atoms with Crippen LogP contribution in [0, 0.1) is 11.8 Å². The highest BCUT2D eigenvalue weighted by atomic mass is 79.9. The molecule has 0 bridgehead atoms. The zero-order valence-electron chi connectivity index (χ0n) is 10.1. The Balaban J connectivity index is 2.50. The monoisotopic (exact) mass is 296 g/mol. The van der Waals surface area contributed by atoms with Crippen molar-refractivity contribution in [3.8, 4) is 0 Å². The predicted octanol–water partition coefficient (Wildman–Crippen LogP) is 3.84. The normalized spacial score (nSPS) is 23.5. The minimum Gasteiger partial charge on any atom is -0.481 e. The highest BCUT2D eigenvalue weighted by molar-refractivity contribution is 9.10. The fraction of sp³-hybridized carbons (Fsp3) is 0.500. The molecule has 0 aliphatic heterocycles. The molecular formula is C14H17BrO2. The molecule has 2 unspecified atom stereocenters. The molecule has 0 spiro atoms. The summed E-state index contributed by atoms with van der Waals surface area (Å²) in [6, 6.07) is 6.12. The lowest BCUT2D eigenvalue weighted by atomic mass is 9.70. The molecule has 0 aromatic heterocycles. The Hall–Kier alpha value is -0.830. The van der Waals surface area contributed by atoms with Crippen molar-refractivity contribution in [2.24, 2.45) is 11.8 Å². The van der Waals surface area contributed by atoms with Crippen LogP contribution < -0.4 is 0 Å². The lowest BCUT2D eigenvalue weighted by molar-refractivity contribution is -0.143. The number of fused-ring (bicyclic) bond motifs is 1. The van der Waals surface area contributed by atoms with Gasteiger partial charge in [-0.05, 0) is 41.9 Å². The predicted molar refractivity (Wildman–Crippen MR) is 71.2 cm³/mol. The van der Waals surface area contributed by atoms with E-state index in [0.717, 1.165) is 17.3 Å². The molecule has 2 atom stereocenters. The lowest BCUT2D eigenvalue weighted by Gasteiger charge is -2.34. The van der Waals surface area contributed by atoms with Gasteiger partial charge < -0.3 is 5.11 Å². The van der Waals surface area contributed by atoms with Crippen LogP contribution in [0.2, 0.25) is 0 Å². The largest absolute Gasteiger partial charge is 0.481 e. The van der Waals surface area contributed by atoms with Gasteiger partial charge in [-0.1, -0.05) is 41.9 Å². The molecular weight excluding hydrogens is 280 g/mol. The van der Waals surface area contributed by atoms with Gasteiger partial charge in [0.25, 0.3) is 0 Å². The van der Waals surface area contributed by atoms with Crippen LogP contribution in [0.1, 0.15) is 37.3 Å². The molecule has 1 aromatic rings. The van der Waals surface area contributed by atoms with Gasteiger partial charge in [-0.15, -0.1) is 0 Å². The van der Waals surface area contributed by atoms with Crippen LogP contribution in [0.4, 0.5) is 0 Å². The topological polar surface area (TPSA) is 37.3 Å². The summed E-state index contributed by atoms with van der Waals surface area (Å²) in [6.45, 7) is 4.22. The minimum absolute atomic E-state index is 0.133. The van der Waals surface area contributed by atoms with Crippen molar-refractivity contribution < 1.29 is 9.90 Å². The zero-order valence-corrected chi connectivity index (χ0v) is 11.7. The van der Waals surface area contributed by atoms with Crippen LogP contribution in [-0.2, 0) is 11.2 Å². The maximum atomic E-state index is 11.4. The van der Waals surface area contributed by atoms with Crippen molar-refractivity contribution in [2.45, 2.75) is 32.6 Å². The van der Waals surface area contributed by atoms with Crippen molar-refractivity contribution in [3.05, 3.63) is 33.8 Å². The molecule has 17 heavy (non-hydrogen) atoms. The second kappa shape index (κ2) is 4.81. The summed E-state index contributed by atoms with van der Waals surface area (Å²) in [5, 5.41) is 9.34. The summed E-state index contributed by atoms with van der Waals surface area (Å²) in [5.74, 6) is -0.413. The number of hydrogen-bond acceptors (Lipinski definition) is 1. The second-order valence-electron chi connectivity index (χ2n) is 5.06. The number of benzene rings is 1. The van der Waals surface area contributed by atoms with Crippen LogP contribution in [0.5, 0.6) is 0 Å². The fourth-order valence-corrected chi connectivity index (χ4v) is 3.53. The molecule has 1 aliphatic rings. The van der Waals surface area contributed by atoms with Gasteiger partial charge in [0.05, 0.1) is 5.92 Å². The Bertz CT molecular complexity index is 440. The Labute approximate surface area is 110 Å². The fourth-order valence-electron chi connectivity index (χ4n) is 2.95. The standard InChI is InChI=1S/C14H17BrO2/c1-8(2)13-10-4-3-5-12(15)9(10)6-7-11(13)14(16)17/h3-5,8,11,13H,6-7H2,1-2H3,(H,16,17). The zero-order chi connectivity index (χ0) is 12.6. The van der Waals surface area contributed by atoms with Gasteiger partial charge >= 0.3 is 5.97 Å². The Morgan fingerprint density at radius 1 is 1.47 bits per heavy atom. The van der Waals surface area contributed by atoms with Crippen molar-refractivity contribution in [1.29, 1.82) is 0 Å². The van der Waals surface area contributed by atoms with Gasteiger partial charge in [-0.3, -0.25) is 4.79 Å². The van der Waals surface area contributed by atoms with Gasteiger partial charge in [0.1, 0.15) is 0 Å². The van der Waals surface area contributed by atoms with E-state index in [0.29, 0.717) is 5.92 Å². The van der Waals surface area contributed by atoms with E-state index in [1.807, 2.05) is 12.1 Å². The molecule has 0 amide bonds. The number of carboxylic acids is 1. The van der Waals surface area contributed by atoms with Gasteiger partial charge in [-0.2, -0.15) is 0 Å². The summed E-state index contributed by atoms with van der Waals surface area (Å²) in [6.07, 6.45) is 1.60. The van der Waals surface area contributed by atoms with Gasteiger partial charge in [-0.25, -0.2) is 0 Å². The van der Waals surface area contributed by atoms with Crippen molar-refractivity contribution in [1.82, 2.24) is 0 Å². The van der Waals surface area contributed by atoms with Crippen LogP contribution in [-0.4, -0.2) is 11.1 Å². The molecule has 0 saturated carbocycles. The van der Waals surface area contributed by atoms with E-state index in [9.17, 15) is 9.90 Å². The van der Waals surface area contributed by atoms with Gasteiger partial charge in [0.15, 0.2) is 0 Å². The van der Waals surface area contributed by atoms with Crippen LogP contribution in [0.25, 0.3) is 0 Å². The third-order valence-corrected chi connectivity index (χ3v) is 4.43. The van der Waals surface area contributed by atoms with E-state index in [1.165, 1.54) is 11.1 Å². The average molecular weight is 297 g/mol. The van der Waals surface area contributed by atoms with Crippen LogP contribution in [0.3, 0.4) is 0 Å². The first-order chi connectivity index (χ1) is 8.02. The van der Waals surface area contributed by atoms with E-state index in [4.69, 9.17) is 0 Å². The molecule has 0 heterocycles. The Morgan fingerprint density at radius 3 is 2.76 bits per heavy atom. The molecule has 0 fully saturated rings. The summed E-state index contributed by atoms with van der Waals surface area (Å²) >= 11 is 3.57. The number of carboxylic acid groups (broad SMARTS) is 1. The molecule has 0 radical (unpaired) electrons. The number of aliphatic carboxylic acids is 1. The van der Waals surface area contributed by atoms with Gasteiger partial charge in [0.2, 0.25) is 0 Å². The summed E-state index contributed by atoms with van der Waals surface area (Å²) in [4.78, 5) is 11.4. The Kier molecular flexibility index (Phi) is 3.57. The molecule has 1 N–H and O–H groups in total. The van der Waals surface area contributed by atoms with E-state index in [1.54, 1.807) is 0 Å². The third-order valence-electron chi connectivity index (χ3n) is 3.69. The maximum Gasteiger partial charge on any atom is 0.307 e. The summed E-state index contributed by atoms with van der Waals surface area (Å²) in [5.41, 5.74) is 2.51. The van der Waals surface area contributed by atoms with E-state index in [2.05, 4.69) is 35.8 Å². The van der Waals surface area contributed by atoms with E-state index < -0.39 is 5.97 Å². The average Bonchev–Trinajstić information content (AvgIpc) is 2.27. The Morgan fingerprint density at radius 2 is 2.18 bits per heavy atom. The SMILES string of the molecule is CC(C)C1c2cccc(Br)c2CCC1C(=O)O. The second-order valence-corrected chi connectivity index (χ2v) is 5.92. The molecule has 92 valence electrons.